The number of hydrogen-bond acceptors (Lipinski definition) is 8. The quantitative estimate of drug-likeness (QED) is 0.285. The van der Waals surface area contributed by atoms with E-state index in [2.05, 4.69) is 9.72 Å². The maximum atomic E-state index is 13.5. The van der Waals surface area contributed by atoms with E-state index in [1.807, 2.05) is 0 Å². The minimum atomic E-state index is -3.04. The highest BCUT2D eigenvalue weighted by Crippen LogP contribution is 2.38. The summed E-state index contributed by atoms with van der Waals surface area (Å²) in [5.41, 5.74) is 0.224. The van der Waals surface area contributed by atoms with Gasteiger partial charge in [0.05, 0.1) is 6.61 Å². The minimum Gasteiger partial charge on any atom is -0.870 e. The molecule has 1 amide bonds. The van der Waals surface area contributed by atoms with Crippen LogP contribution in [0.3, 0.4) is 0 Å². The first-order chi connectivity index (χ1) is 18.9. The summed E-state index contributed by atoms with van der Waals surface area (Å²) in [6.45, 7) is 2.85. The van der Waals surface area contributed by atoms with Gasteiger partial charge in [0.25, 0.3) is 0 Å². The van der Waals surface area contributed by atoms with Crippen molar-refractivity contribution in [2.24, 2.45) is 5.92 Å². The molecule has 14 heteroatoms. The molecule has 2 atom stereocenters. The monoisotopic (exact) mass is 636 g/mol. The number of pyridine rings is 1. The number of aromatic amines is 1. The zero-order valence-electron chi connectivity index (χ0n) is 22.7. The van der Waals surface area contributed by atoms with Crippen LogP contribution >= 0.6 is 35.0 Å². The third-order valence-corrected chi connectivity index (χ3v) is 7.95. The molecule has 2 heterocycles. The summed E-state index contributed by atoms with van der Waals surface area (Å²) in [6.07, 6.45) is 3.59. The number of benzene rings is 1. The molecule has 2 aromatic rings. The van der Waals surface area contributed by atoms with Crippen LogP contribution in [0.5, 0.6) is 11.5 Å². The second-order valence-corrected chi connectivity index (χ2v) is 12.5. The van der Waals surface area contributed by atoms with E-state index >= 15 is 0 Å². The summed E-state index contributed by atoms with van der Waals surface area (Å²) in [6, 6.07) is 4.39. The lowest BCUT2D eigenvalue weighted by Crippen LogP contribution is -2.43. The molecule has 2 fully saturated rings. The highest BCUT2D eigenvalue weighted by molar-refractivity contribution is 8.00. The third kappa shape index (κ3) is 9.22. The van der Waals surface area contributed by atoms with Crippen molar-refractivity contribution in [3.8, 4) is 11.5 Å². The van der Waals surface area contributed by atoms with Gasteiger partial charge in [-0.1, -0.05) is 29.3 Å². The average molecular weight is 638 g/mol. The SMILES string of the molecule is CC(C)(C)OC(=O)N1CCS[C@H]1C(=O)O[C@@H](Cc1c(Cl)c[nH+]cc1Cl)c1ccc(OC(F)F)c(OCC2CC2)c1.[OH-]. The van der Waals surface area contributed by atoms with Crippen molar-refractivity contribution in [2.45, 2.75) is 63.7 Å². The lowest BCUT2D eigenvalue weighted by molar-refractivity contribution is -0.377. The molecular formula is C27H32Cl2F2N2O7S. The van der Waals surface area contributed by atoms with Crippen molar-refractivity contribution in [1.29, 1.82) is 0 Å². The predicted molar refractivity (Wildman–Crippen MR) is 148 cm³/mol. The van der Waals surface area contributed by atoms with Crippen LogP contribution in [-0.4, -0.2) is 58.9 Å². The van der Waals surface area contributed by atoms with Gasteiger partial charge < -0.3 is 24.4 Å². The Morgan fingerprint density at radius 3 is 2.44 bits per heavy atom. The highest BCUT2D eigenvalue weighted by Gasteiger charge is 2.40. The maximum absolute atomic E-state index is 13.5. The van der Waals surface area contributed by atoms with Gasteiger partial charge in [0.15, 0.2) is 29.3 Å². The molecule has 1 aliphatic heterocycles. The second-order valence-electron chi connectivity index (χ2n) is 10.5. The molecule has 9 nitrogen and oxygen atoms in total. The van der Waals surface area contributed by atoms with Gasteiger partial charge >= 0.3 is 18.7 Å². The van der Waals surface area contributed by atoms with E-state index < -0.39 is 35.8 Å². The fourth-order valence-electron chi connectivity index (χ4n) is 3.98. The van der Waals surface area contributed by atoms with E-state index in [4.69, 9.17) is 37.4 Å². The van der Waals surface area contributed by atoms with Crippen LogP contribution < -0.4 is 14.5 Å². The Bertz CT molecular complexity index is 1210. The van der Waals surface area contributed by atoms with Gasteiger partial charge in [0, 0.05) is 24.3 Å². The van der Waals surface area contributed by atoms with E-state index in [9.17, 15) is 18.4 Å². The fraction of sp³-hybridized carbons (Fsp3) is 0.519. The molecule has 1 aromatic carbocycles. The van der Waals surface area contributed by atoms with Gasteiger partial charge in [0.1, 0.15) is 21.8 Å². The summed E-state index contributed by atoms with van der Waals surface area (Å²) in [7, 11) is 0. The number of aromatic nitrogens is 1. The Morgan fingerprint density at radius 2 is 1.83 bits per heavy atom. The minimum absolute atomic E-state index is 0. The lowest BCUT2D eigenvalue weighted by atomic mass is 10.0. The Kier molecular flexibility index (Phi) is 11.3. The van der Waals surface area contributed by atoms with Crippen LogP contribution in [0, 0.1) is 5.92 Å². The van der Waals surface area contributed by atoms with E-state index in [-0.39, 0.29) is 23.4 Å². The molecule has 0 unspecified atom stereocenters. The van der Waals surface area contributed by atoms with Crippen molar-refractivity contribution in [2.75, 3.05) is 18.9 Å². The van der Waals surface area contributed by atoms with Gasteiger partial charge in [0.2, 0.25) is 0 Å². The molecule has 2 N–H and O–H groups in total. The normalized spacial score (nSPS) is 17.6. The van der Waals surface area contributed by atoms with Crippen LogP contribution in [-0.2, 0) is 20.7 Å². The number of amides is 1. The number of esters is 1. The number of rotatable bonds is 10. The van der Waals surface area contributed by atoms with Crippen LogP contribution in [0.1, 0.15) is 50.8 Å². The summed E-state index contributed by atoms with van der Waals surface area (Å²) < 4.78 is 48.1. The van der Waals surface area contributed by atoms with Crippen LogP contribution in [0.2, 0.25) is 10.0 Å². The number of thioether (sulfide) groups is 1. The number of nitrogens with one attached hydrogen (secondary N) is 1. The van der Waals surface area contributed by atoms with Gasteiger partial charge in [-0.05, 0) is 57.2 Å². The standard InChI is InChI=1S/C27H30Cl2F2N2O6S.H2O/c1-27(2,3)39-26(35)33-8-9-40-23(33)24(34)37-21(11-17-18(28)12-32-13-19(17)29)16-6-7-20(38-25(30)31)22(10-16)36-14-15-4-5-15;/h6-7,10,12-13,15,21,23,25H,4-5,8-9,11,14H2,1-3H3;1H2/t21-,23-;/m0./s1. The smallest absolute Gasteiger partial charge is 0.411 e. The first kappa shape index (κ1) is 33.0. The first-order valence-electron chi connectivity index (χ1n) is 12.8. The Balaban J connectivity index is 0.00000462. The molecule has 2 aliphatic rings. The molecule has 0 spiro atoms. The molecule has 0 radical (unpaired) electrons. The number of carbonyl (C=O) groups is 2. The second kappa shape index (κ2) is 14.1. The molecule has 41 heavy (non-hydrogen) atoms. The van der Waals surface area contributed by atoms with Crippen LogP contribution in [0.25, 0.3) is 0 Å². The Hall–Kier alpha value is -2.54. The molecular weight excluding hydrogens is 605 g/mol. The van der Waals surface area contributed by atoms with Gasteiger partial charge in [-0.15, -0.1) is 11.8 Å². The van der Waals surface area contributed by atoms with Gasteiger partial charge in [-0.2, -0.15) is 8.78 Å². The number of hydrogen-bond donors (Lipinski definition) is 0. The topological polar surface area (TPSA) is 118 Å². The van der Waals surface area contributed by atoms with Crippen molar-refractivity contribution >= 4 is 47.0 Å². The molecule has 1 saturated heterocycles. The first-order valence-corrected chi connectivity index (χ1v) is 14.6. The van der Waals surface area contributed by atoms with Crippen molar-refractivity contribution in [3.63, 3.8) is 0 Å². The largest absolute Gasteiger partial charge is 0.870 e. The summed E-state index contributed by atoms with van der Waals surface area (Å²) in [5.74, 6) is 0.191. The number of carbonyl (C=O) groups excluding carboxylic acids is 2. The molecule has 1 saturated carbocycles. The number of alkyl halides is 2. The fourth-order valence-corrected chi connectivity index (χ4v) is 5.60. The highest BCUT2D eigenvalue weighted by atomic mass is 35.5. The maximum Gasteiger partial charge on any atom is 0.411 e. The van der Waals surface area contributed by atoms with Crippen molar-refractivity contribution in [1.82, 2.24) is 4.90 Å². The third-order valence-electron chi connectivity index (χ3n) is 6.09. The van der Waals surface area contributed by atoms with Crippen molar-refractivity contribution in [3.05, 3.63) is 51.8 Å². The number of H-pyrrole nitrogens is 1. The molecule has 4 rings (SSSR count). The van der Waals surface area contributed by atoms with E-state index in [0.717, 1.165) is 12.8 Å². The van der Waals surface area contributed by atoms with Gasteiger partial charge in [-0.3, -0.25) is 4.90 Å². The van der Waals surface area contributed by atoms with Crippen LogP contribution in [0.4, 0.5) is 13.6 Å². The number of nitrogens with zero attached hydrogens (tertiary/aromatic N) is 1. The summed E-state index contributed by atoms with van der Waals surface area (Å²) in [5, 5.41) is -0.288. The predicted octanol–water partition coefficient (Wildman–Crippen LogP) is 6.16. The zero-order chi connectivity index (χ0) is 29.0. The lowest BCUT2D eigenvalue weighted by Gasteiger charge is -2.28. The summed E-state index contributed by atoms with van der Waals surface area (Å²) in [4.78, 5) is 30.4. The number of ether oxygens (including phenoxy) is 4. The molecule has 1 aliphatic carbocycles. The molecule has 1 aromatic heterocycles. The number of halogens is 4. The summed E-state index contributed by atoms with van der Waals surface area (Å²) >= 11 is 14.1. The van der Waals surface area contributed by atoms with Crippen molar-refractivity contribution < 1.29 is 47.8 Å². The Morgan fingerprint density at radius 1 is 1.15 bits per heavy atom. The van der Waals surface area contributed by atoms with Crippen LogP contribution in [0.15, 0.2) is 30.6 Å². The Labute approximate surface area is 251 Å². The average Bonchev–Trinajstić information content (AvgIpc) is 3.56. The van der Waals surface area contributed by atoms with E-state index in [0.29, 0.717) is 46.0 Å². The van der Waals surface area contributed by atoms with E-state index in [1.165, 1.54) is 34.9 Å². The molecule has 0 bridgehead atoms. The zero-order valence-corrected chi connectivity index (χ0v) is 25.0. The molecule has 226 valence electrons. The van der Waals surface area contributed by atoms with Gasteiger partial charge in [-0.25, -0.2) is 14.6 Å². The van der Waals surface area contributed by atoms with E-state index in [1.54, 1.807) is 33.2 Å².